The summed E-state index contributed by atoms with van der Waals surface area (Å²) in [4.78, 5) is 24.6. The van der Waals surface area contributed by atoms with Crippen LogP contribution in [-0.2, 0) is 16.1 Å². The van der Waals surface area contributed by atoms with Crippen LogP contribution < -0.4 is 5.32 Å². The van der Waals surface area contributed by atoms with E-state index in [1.807, 2.05) is 13.8 Å². The minimum Gasteiger partial charge on any atom is -0.457 e. The molecule has 1 heterocycles. The molecule has 1 N–H and O–H groups in total. The zero-order chi connectivity index (χ0) is 17.1. The minimum absolute atomic E-state index is 0.0304. The van der Waals surface area contributed by atoms with Gasteiger partial charge >= 0.3 is 5.97 Å². The lowest BCUT2D eigenvalue weighted by molar-refractivity contribution is -0.114. The molecule has 0 aliphatic carbocycles. The van der Waals surface area contributed by atoms with Gasteiger partial charge in [-0.25, -0.2) is 4.79 Å². The molecule has 4 nitrogen and oxygen atoms in total. The Labute approximate surface area is 148 Å². The molecule has 0 unspecified atom stereocenters. The van der Waals surface area contributed by atoms with E-state index in [2.05, 4.69) is 5.32 Å². The van der Waals surface area contributed by atoms with Crippen molar-refractivity contribution >= 4 is 51.4 Å². The van der Waals surface area contributed by atoms with E-state index in [4.69, 9.17) is 27.9 Å². The van der Waals surface area contributed by atoms with E-state index in [0.717, 1.165) is 10.4 Å². The van der Waals surface area contributed by atoms with E-state index in [1.54, 1.807) is 18.2 Å². The van der Waals surface area contributed by atoms with Crippen molar-refractivity contribution in [3.63, 3.8) is 0 Å². The Morgan fingerprint density at radius 3 is 2.57 bits per heavy atom. The molecular formula is C16H15Cl2NO3S. The molecule has 1 aromatic carbocycles. The van der Waals surface area contributed by atoms with Crippen LogP contribution in [0.2, 0.25) is 10.0 Å². The van der Waals surface area contributed by atoms with Gasteiger partial charge < -0.3 is 10.1 Å². The monoisotopic (exact) mass is 371 g/mol. The summed E-state index contributed by atoms with van der Waals surface area (Å²) in [5.74, 6) is -0.734. The van der Waals surface area contributed by atoms with E-state index in [0.29, 0.717) is 26.2 Å². The van der Waals surface area contributed by atoms with Gasteiger partial charge in [-0.3, -0.25) is 4.79 Å². The molecule has 1 aromatic heterocycles. The molecule has 122 valence electrons. The van der Waals surface area contributed by atoms with Gasteiger partial charge in [-0.15, -0.1) is 11.3 Å². The number of amides is 1. The van der Waals surface area contributed by atoms with Gasteiger partial charge in [0.1, 0.15) is 11.6 Å². The molecule has 23 heavy (non-hydrogen) atoms. The zero-order valence-electron chi connectivity index (χ0n) is 12.8. The number of hydrogen-bond donors (Lipinski definition) is 1. The average molecular weight is 372 g/mol. The molecule has 2 rings (SSSR count). The van der Waals surface area contributed by atoms with Crippen molar-refractivity contribution < 1.29 is 14.3 Å². The molecular weight excluding hydrogens is 357 g/mol. The van der Waals surface area contributed by atoms with Crippen LogP contribution in [0.15, 0.2) is 18.2 Å². The van der Waals surface area contributed by atoms with Crippen LogP contribution in [0.4, 0.5) is 5.00 Å². The van der Waals surface area contributed by atoms with E-state index in [-0.39, 0.29) is 12.5 Å². The van der Waals surface area contributed by atoms with Gasteiger partial charge in [-0.05, 0) is 31.5 Å². The lowest BCUT2D eigenvalue weighted by Crippen LogP contribution is -2.12. The van der Waals surface area contributed by atoms with Crippen LogP contribution in [0.3, 0.4) is 0 Å². The van der Waals surface area contributed by atoms with E-state index < -0.39 is 5.97 Å². The maximum Gasteiger partial charge on any atom is 0.341 e. The molecule has 0 atom stereocenters. The van der Waals surface area contributed by atoms with E-state index in [1.165, 1.54) is 18.3 Å². The third-order valence-corrected chi connectivity index (χ3v) is 4.96. The summed E-state index contributed by atoms with van der Waals surface area (Å²) in [5.41, 5.74) is 1.84. The van der Waals surface area contributed by atoms with Crippen molar-refractivity contribution in [3.05, 3.63) is 49.8 Å². The lowest BCUT2D eigenvalue weighted by atomic mass is 10.1. The highest BCUT2D eigenvalue weighted by Crippen LogP contribution is 2.33. The van der Waals surface area contributed by atoms with E-state index in [9.17, 15) is 9.59 Å². The summed E-state index contributed by atoms with van der Waals surface area (Å²) < 4.78 is 5.34. The fourth-order valence-corrected chi connectivity index (χ4v) is 3.53. The Balaban J connectivity index is 2.19. The van der Waals surface area contributed by atoms with Crippen LogP contribution in [-0.4, -0.2) is 11.9 Å². The van der Waals surface area contributed by atoms with Crippen LogP contribution in [0.5, 0.6) is 0 Å². The summed E-state index contributed by atoms with van der Waals surface area (Å²) in [5, 5.41) is 4.12. The van der Waals surface area contributed by atoms with Crippen LogP contribution in [0.1, 0.15) is 33.3 Å². The molecule has 0 aliphatic rings. The highest BCUT2D eigenvalue weighted by atomic mass is 35.5. The molecule has 0 radical (unpaired) electrons. The Morgan fingerprint density at radius 1 is 1.26 bits per heavy atom. The standard InChI is InChI=1S/C16H15Cl2NO3S/c1-8-9(2)23-15(19-10(3)20)14(8)16(21)22-7-11-4-5-12(17)6-13(11)18/h4-6H,7H2,1-3H3,(H,19,20). The first-order chi connectivity index (χ1) is 10.8. The number of benzene rings is 1. The predicted octanol–water partition coefficient (Wildman–Crippen LogP) is 4.99. The predicted molar refractivity (Wildman–Crippen MR) is 93.7 cm³/mol. The number of esters is 1. The van der Waals surface area contributed by atoms with Gasteiger partial charge in [-0.2, -0.15) is 0 Å². The minimum atomic E-state index is -0.499. The number of aryl methyl sites for hydroxylation is 1. The molecule has 7 heteroatoms. The molecule has 0 saturated heterocycles. The van der Waals surface area contributed by atoms with Crippen molar-refractivity contribution in [2.24, 2.45) is 0 Å². The Bertz CT molecular complexity index is 771. The summed E-state index contributed by atoms with van der Waals surface area (Å²) in [6, 6.07) is 4.98. The van der Waals surface area contributed by atoms with Crippen LogP contribution in [0, 0.1) is 13.8 Å². The summed E-state index contributed by atoms with van der Waals surface area (Å²) >= 11 is 13.2. The first-order valence-electron chi connectivity index (χ1n) is 6.78. The van der Waals surface area contributed by atoms with Crippen LogP contribution in [0.25, 0.3) is 0 Å². The topological polar surface area (TPSA) is 55.4 Å². The van der Waals surface area contributed by atoms with Gasteiger partial charge in [0.25, 0.3) is 0 Å². The first-order valence-corrected chi connectivity index (χ1v) is 8.35. The number of anilines is 1. The zero-order valence-corrected chi connectivity index (χ0v) is 15.2. The smallest absolute Gasteiger partial charge is 0.341 e. The molecule has 0 aliphatic heterocycles. The maximum atomic E-state index is 12.4. The quantitative estimate of drug-likeness (QED) is 0.770. The molecule has 0 saturated carbocycles. The summed E-state index contributed by atoms with van der Waals surface area (Å²) in [6.45, 7) is 5.14. The van der Waals surface area contributed by atoms with Gasteiger partial charge in [-0.1, -0.05) is 29.3 Å². The third kappa shape index (κ3) is 4.25. The van der Waals surface area contributed by atoms with Gasteiger partial charge in [0.15, 0.2) is 0 Å². The number of carbonyl (C=O) groups excluding carboxylic acids is 2. The molecule has 0 fully saturated rings. The normalized spacial score (nSPS) is 10.5. The van der Waals surface area contributed by atoms with Gasteiger partial charge in [0.05, 0.1) is 5.56 Å². The number of ether oxygens (including phenoxy) is 1. The number of thiophene rings is 1. The van der Waals surface area contributed by atoms with Gasteiger partial charge in [0, 0.05) is 27.4 Å². The number of rotatable bonds is 4. The average Bonchev–Trinajstić information content (AvgIpc) is 2.71. The SMILES string of the molecule is CC(=O)Nc1sc(C)c(C)c1C(=O)OCc1ccc(Cl)cc1Cl. The first kappa shape index (κ1) is 17.8. The Kier molecular flexibility index (Phi) is 5.68. The fraction of sp³-hybridized carbons (Fsp3) is 0.250. The van der Waals surface area contributed by atoms with E-state index >= 15 is 0 Å². The highest BCUT2D eigenvalue weighted by Gasteiger charge is 2.21. The summed E-state index contributed by atoms with van der Waals surface area (Å²) in [7, 11) is 0. The number of nitrogens with one attached hydrogen (secondary N) is 1. The fourth-order valence-electron chi connectivity index (χ4n) is 1.97. The third-order valence-electron chi connectivity index (χ3n) is 3.25. The Hall–Kier alpha value is -1.56. The van der Waals surface area contributed by atoms with Crippen molar-refractivity contribution in [1.29, 1.82) is 0 Å². The van der Waals surface area contributed by atoms with Gasteiger partial charge in [0.2, 0.25) is 5.91 Å². The van der Waals surface area contributed by atoms with Crippen LogP contribution >= 0.6 is 34.5 Å². The number of carbonyl (C=O) groups is 2. The molecule has 0 bridgehead atoms. The second kappa shape index (κ2) is 7.34. The second-order valence-corrected chi connectivity index (χ2v) is 7.05. The number of hydrogen-bond acceptors (Lipinski definition) is 4. The lowest BCUT2D eigenvalue weighted by Gasteiger charge is -2.09. The Morgan fingerprint density at radius 2 is 1.96 bits per heavy atom. The van der Waals surface area contributed by atoms with Crippen molar-refractivity contribution in [2.45, 2.75) is 27.4 Å². The second-order valence-electron chi connectivity index (χ2n) is 4.98. The molecule has 0 spiro atoms. The maximum absolute atomic E-state index is 12.4. The van der Waals surface area contributed by atoms with Crippen molar-refractivity contribution in [3.8, 4) is 0 Å². The number of halogens is 2. The van der Waals surface area contributed by atoms with Crippen molar-refractivity contribution in [2.75, 3.05) is 5.32 Å². The molecule has 2 aromatic rings. The highest BCUT2D eigenvalue weighted by molar-refractivity contribution is 7.16. The van der Waals surface area contributed by atoms with Crippen molar-refractivity contribution in [1.82, 2.24) is 0 Å². The summed E-state index contributed by atoms with van der Waals surface area (Å²) in [6.07, 6.45) is 0. The molecule has 1 amide bonds. The largest absolute Gasteiger partial charge is 0.457 e.